The number of likely N-dealkylation sites (tertiary alicyclic amines) is 1. The molecule has 0 spiro atoms. The van der Waals surface area contributed by atoms with Crippen molar-refractivity contribution < 1.29 is 27.5 Å². The van der Waals surface area contributed by atoms with Crippen LogP contribution in [0.5, 0.6) is 0 Å². The Morgan fingerprint density at radius 1 is 1.26 bits per heavy atom. The van der Waals surface area contributed by atoms with E-state index in [4.69, 9.17) is 11.2 Å². The molecule has 1 fully saturated rings. The number of amides is 2. The topological polar surface area (TPSA) is 49.9 Å². The van der Waals surface area contributed by atoms with Crippen molar-refractivity contribution in [2.24, 2.45) is 0 Å². The van der Waals surface area contributed by atoms with Crippen LogP contribution in [0, 0.1) is 12.3 Å². The van der Waals surface area contributed by atoms with Crippen LogP contribution in [0.1, 0.15) is 33.6 Å². The van der Waals surface area contributed by atoms with Crippen LogP contribution in [0.4, 0.5) is 18.0 Å². The summed E-state index contributed by atoms with van der Waals surface area (Å²) in [7, 11) is 0. The van der Waals surface area contributed by atoms with Gasteiger partial charge in [-0.15, -0.1) is 6.42 Å². The molecule has 0 bridgehead atoms. The minimum atomic E-state index is -4.88. The van der Waals surface area contributed by atoms with Gasteiger partial charge in [0.25, 0.3) is 0 Å². The van der Waals surface area contributed by atoms with Crippen molar-refractivity contribution in [3.8, 4) is 12.3 Å². The Balaban J connectivity index is 2.70. The molecule has 5 nitrogen and oxygen atoms in total. The zero-order chi connectivity index (χ0) is 17.8. The van der Waals surface area contributed by atoms with Crippen LogP contribution < -0.4 is 0 Å². The predicted octanol–water partition coefficient (Wildman–Crippen LogP) is 2.41. The summed E-state index contributed by atoms with van der Waals surface area (Å²) in [6.07, 6.45) is 0.228. The van der Waals surface area contributed by atoms with Crippen molar-refractivity contribution in [3.63, 3.8) is 0 Å². The molecule has 1 rings (SSSR count). The number of terminal acetylenes is 1. The van der Waals surface area contributed by atoms with Crippen LogP contribution in [-0.2, 0) is 9.53 Å². The van der Waals surface area contributed by atoms with E-state index in [1.54, 1.807) is 20.8 Å². The number of hydrogen-bond donors (Lipinski definition) is 0. The summed E-state index contributed by atoms with van der Waals surface area (Å²) in [4.78, 5) is 25.5. The summed E-state index contributed by atoms with van der Waals surface area (Å²) in [5.41, 5.74) is -0.698. The maximum absolute atomic E-state index is 12.4. The summed E-state index contributed by atoms with van der Waals surface area (Å²) < 4.78 is 42.5. The van der Waals surface area contributed by atoms with E-state index in [1.165, 1.54) is 4.90 Å². The van der Waals surface area contributed by atoms with Crippen LogP contribution in [0.25, 0.3) is 0 Å². The van der Waals surface area contributed by atoms with Gasteiger partial charge in [-0.1, -0.05) is 5.92 Å². The smallest absolute Gasteiger partial charge is 0.444 e. The van der Waals surface area contributed by atoms with Gasteiger partial charge < -0.3 is 9.64 Å². The third-order valence-electron chi connectivity index (χ3n) is 3.32. The number of nitrogens with zero attached hydrogens (tertiary/aromatic N) is 2. The lowest BCUT2D eigenvalue weighted by Crippen LogP contribution is -2.52. The van der Waals surface area contributed by atoms with Crippen molar-refractivity contribution in [2.45, 2.75) is 51.4 Å². The second-order valence-electron chi connectivity index (χ2n) is 6.33. The number of alkyl halides is 3. The van der Waals surface area contributed by atoms with Crippen molar-refractivity contribution in [1.29, 1.82) is 0 Å². The molecule has 23 heavy (non-hydrogen) atoms. The van der Waals surface area contributed by atoms with Crippen LogP contribution in [0.15, 0.2) is 0 Å². The maximum Gasteiger partial charge on any atom is 0.471 e. The highest BCUT2D eigenvalue weighted by Crippen LogP contribution is 2.24. The first-order valence-corrected chi connectivity index (χ1v) is 7.25. The van der Waals surface area contributed by atoms with Crippen molar-refractivity contribution in [1.82, 2.24) is 9.80 Å². The van der Waals surface area contributed by atoms with Gasteiger partial charge in [0, 0.05) is 19.1 Å². The number of carbonyl (C=O) groups excluding carboxylic acids is 2. The molecule has 0 radical (unpaired) electrons. The van der Waals surface area contributed by atoms with E-state index in [0.29, 0.717) is 0 Å². The molecule has 1 heterocycles. The lowest BCUT2D eigenvalue weighted by Gasteiger charge is -2.38. The molecule has 0 unspecified atom stereocenters. The number of carbonyl (C=O) groups is 2. The van der Waals surface area contributed by atoms with Gasteiger partial charge in [-0.25, -0.2) is 4.79 Å². The molecule has 2 amide bonds. The molecule has 0 aliphatic carbocycles. The summed E-state index contributed by atoms with van der Waals surface area (Å²) >= 11 is 0. The fraction of sp³-hybridized carbons (Fsp3) is 0.733. The normalized spacial score (nSPS) is 16.7. The van der Waals surface area contributed by atoms with Crippen molar-refractivity contribution in [3.05, 3.63) is 0 Å². The second kappa shape index (κ2) is 7.11. The molecule has 0 aromatic rings. The zero-order valence-corrected chi connectivity index (χ0v) is 13.4. The first kappa shape index (κ1) is 19.1. The van der Waals surface area contributed by atoms with Gasteiger partial charge in [0.05, 0.1) is 6.54 Å². The molecule has 130 valence electrons. The molecular weight excluding hydrogens is 313 g/mol. The Morgan fingerprint density at radius 2 is 1.78 bits per heavy atom. The first-order chi connectivity index (χ1) is 10.5. The Kier molecular flexibility index (Phi) is 5.92. The van der Waals surface area contributed by atoms with Gasteiger partial charge in [0.2, 0.25) is 0 Å². The van der Waals surface area contributed by atoms with Gasteiger partial charge in [-0.3, -0.25) is 9.69 Å². The number of rotatable bonds is 2. The molecule has 0 aromatic carbocycles. The maximum atomic E-state index is 12.4. The molecule has 8 heteroatoms. The van der Waals surface area contributed by atoms with Crippen LogP contribution >= 0.6 is 0 Å². The molecule has 1 aliphatic rings. The van der Waals surface area contributed by atoms with Gasteiger partial charge in [-0.2, -0.15) is 13.2 Å². The number of piperidine rings is 1. The molecule has 0 atom stereocenters. The minimum absolute atomic E-state index is 0.00674. The zero-order valence-electron chi connectivity index (χ0n) is 13.4. The first-order valence-electron chi connectivity index (χ1n) is 7.25. The van der Waals surface area contributed by atoms with Crippen molar-refractivity contribution >= 4 is 12.0 Å². The standard InChI is InChI=1S/C15H21F3N2O3/c1-5-8-20(13(22)23-14(2,3)4)11-6-9-19(10-7-11)12(21)15(16,17)18/h1,11H,6-10H2,2-4H3. The molecule has 1 aliphatic heterocycles. The summed E-state index contributed by atoms with van der Waals surface area (Å²) in [6.45, 7) is 4.99. The Labute approximate surface area is 133 Å². The highest BCUT2D eigenvalue weighted by Gasteiger charge is 2.44. The Hall–Kier alpha value is -1.91. The van der Waals surface area contributed by atoms with E-state index < -0.39 is 23.8 Å². The highest BCUT2D eigenvalue weighted by atomic mass is 19.4. The van der Waals surface area contributed by atoms with E-state index in [0.717, 1.165) is 4.90 Å². The third kappa shape index (κ3) is 5.66. The summed E-state index contributed by atoms with van der Waals surface area (Å²) in [5.74, 6) is 0.504. The number of hydrogen-bond acceptors (Lipinski definition) is 3. The SMILES string of the molecule is C#CCN(C(=O)OC(C)(C)C)C1CCN(C(=O)C(F)(F)F)CC1. The Morgan fingerprint density at radius 3 is 2.17 bits per heavy atom. The number of halogens is 3. The van der Waals surface area contributed by atoms with Gasteiger partial charge in [0.1, 0.15) is 5.60 Å². The molecule has 0 N–H and O–H groups in total. The Bertz CT molecular complexity index is 484. The average Bonchev–Trinajstić information content (AvgIpc) is 2.41. The van der Waals surface area contributed by atoms with Crippen molar-refractivity contribution in [2.75, 3.05) is 19.6 Å². The molecule has 0 saturated carbocycles. The van der Waals surface area contributed by atoms with Crippen LogP contribution in [0.2, 0.25) is 0 Å². The van der Waals surface area contributed by atoms with Gasteiger partial charge in [0.15, 0.2) is 0 Å². The van der Waals surface area contributed by atoms with E-state index >= 15 is 0 Å². The minimum Gasteiger partial charge on any atom is -0.444 e. The monoisotopic (exact) mass is 334 g/mol. The van der Waals surface area contributed by atoms with Gasteiger partial charge in [-0.05, 0) is 33.6 Å². The predicted molar refractivity (Wildman–Crippen MR) is 77.4 cm³/mol. The lowest BCUT2D eigenvalue weighted by atomic mass is 10.0. The largest absolute Gasteiger partial charge is 0.471 e. The fourth-order valence-electron chi connectivity index (χ4n) is 2.32. The van der Waals surface area contributed by atoms with Gasteiger partial charge >= 0.3 is 18.2 Å². The highest BCUT2D eigenvalue weighted by molar-refractivity contribution is 5.82. The van der Waals surface area contributed by atoms with E-state index in [9.17, 15) is 22.8 Å². The average molecular weight is 334 g/mol. The molecule has 1 saturated heterocycles. The number of ether oxygens (including phenoxy) is 1. The lowest BCUT2D eigenvalue weighted by molar-refractivity contribution is -0.186. The second-order valence-corrected chi connectivity index (χ2v) is 6.33. The fourth-order valence-corrected chi connectivity index (χ4v) is 2.32. The van der Waals surface area contributed by atoms with Crippen LogP contribution in [-0.4, -0.2) is 59.3 Å². The van der Waals surface area contributed by atoms with E-state index in [-0.39, 0.29) is 38.5 Å². The third-order valence-corrected chi connectivity index (χ3v) is 3.32. The quantitative estimate of drug-likeness (QED) is 0.729. The summed E-state index contributed by atoms with van der Waals surface area (Å²) in [6, 6.07) is -0.349. The molecular formula is C15H21F3N2O3. The van der Waals surface area contributed by atoms with Crippen LogP contribution in [0.3, 0.4) is 0 Å². The summed E-state index contributed by atoms with van der Waals surface area (Å²) in [5, 5.41) is 0. The molecule has 0 aromatic heterocycles. The van der Waals surface area contributed by atoms with E-state index in [1.807, 2.05) is 0 Å². The van der Waals surface area contributed by atoms with E-state index in [2.05, 4.69) is 5.92 Å².